The highest BCUT2D eigenvalue weighted by Crippen LogP contribution is 2.26. The van der Waals surface area contributed by atoms with Gasteiger partial charge < -0.3 is 20.4 Å². The molecule has 0 spiro atoms. The highest BCUT2D eigenvalue weighted by Gasteiger charge is 2.09. The summed E-state index contributed by atoms with van der Waals surface area (Å²) in [7, 11) is 0. The highest BCUT2D eigenvalue weighted by atomic mass is 35.5. The zero-order chi connectivity index (χ0) is 19.4. The largest absolute Gasteiger partial charge is 0.483 e. The van der Waals surface area contributed by atoms with E-state index in [1.54, 1.807) is 6.07 Å². The lowest BCUT2D eigenvalue weighted by Crippen LogP contribution is -1.93. The van der Waals surface area contributed by atoms with Crippen LogP contribution in [0.2, 0.25) is 5.15 Å². The molecule has 4 N–H and O–H groups in total. The van der Waals surface area contributed by atoms with Crippen molar-refractivity contribution in [3.63, 3.8) is 0 Å². The van der Waals surface area contributed by atoms with Crippen molar-refractivity contribution in [3.8, 4) is 0 Å². The summed E-state index contributed by atoms with van der Waals surface area (Å²) < 4.78 is 0. The molecular formula is C19H20ClN5O2. The maximum absolute atomic E-state index is 8.36. The van der Waals surface area contributed by atoms with Gasteiger partial charge in [-0.25, -0.2) is 9.97 Å². The van der Waals surface area contributed by atoms with E-state index in [1.807, 2.05) is 12.3 Å². The van der Waals surface area contributed by atoms with E-state index in [0.29, 0.717) is 17.0 Å². The minimum absolute atomic E-state index is 0.250. The molecule has 0 atom stereocenters. The van der Waals surface area contributed by atoms with Crippen LogP contribution < -0.4 is 5.32 Å². The number of anilines is 2. The smallest absolute Gasteiger partial charge is 0.290 e. The van der Waals surface area contributed by atoms with Gasteiger partial charge in [-0.2, -0.15) is 0 Å². The lowest BCUT2D eigenvalue weighted by molar-refractivity contribution is -0.122. The van der Waals surface area contributed by atoms with E-state index in [1.165, 1.54) is 5.56 Å². The summed E-state index contributed by atoms with van der Waals surface area (Å²) in [6.07, 6.45) is 2.92. The number of carboxylic acid groups (broad SMARTS) is 1. The van der Waals surface area contributed by atoms with E-state index in [4.69, 9.17) is 21.5 Å². The number of nitrogens with one attached hydrogen (secondary N) is 3. The van der Waals surface area contributed by atoms with Gasteiger partial charge in [-0.15, -0.1) is 0 Å². The molecule has 3 aromatic heterocycles. The number of fused-ring (bicyclic) bond motifs is 2. The third-order valence-electron chi connectivity index (χ3n) is 3.93. The van der Waals surface area contributed by atoms with Crippen LogP contribution in [0, 0.1) is 5.92 Å². The molecule has 140 valence electrons. The average molecular weight is 386 g/mol. The molecule has 3 heterocycles. The minimum Gasteiger partial charge on any atom is -0.483 e. The molecule has 0 aliphatic heterocycles. The molecule has 0 saturated heterocycles. The van der Waals surface area contributed by atoms with Gasteiger partial charge in [0.05, 0.1) is 22.2 Å². The van der Waals surface area contributed by atoms with Crippen LogP contribution in [-0.4, -0.2) is 31.5 Å². The van der Waals surface area contributed by atoms with Gasteiger partial charge in [0.25, 0.3) is 6.47 Å². The number of pyridine rings is 1. The van der Waals surface area contributed by atoms with E-state index in [-0.39, 0.29) is 6.47 Å². The maximum Gasteiger partial charge on any atom is 0.290 e. The number of hydrogen-bond donors (Lipinski definition) is 4. The van der Waals surface area contributed by atoms with Crippen molar-refractivity contribution in [1.82, 2.24) is 19.9 Å². The van der Waals surface area contributed by atoms with Crippen LogP contribution in [0.4, 0.5) is 11.6 Å². The van der Waals surface area contributed by atoms with Gasteiger partial charge in [0, 0.05) is 6.20 Å². The Bertz CT molecular complexity index is 1070. The SMILES string of the molecule is CC(C)Cc1ccc2nc(Nc3c[nH]c4ccc(Cl)nc34)[nH]c2c1.O=CO. The molecule has 0 saturated carbocycles. The first kappa shape index (κ1) is 18.7. The molecule has 8 heteroatoms. The summed E-state index contributed by atoms with van der Waals surface area (Å²) in [5.74, 6) is 1.32. The van der Waals surface area contributed by atoms with Gasteiger partial charge in [-0.05, 0) is 42.2 Å². The van der Waals surface area contributed by atoms with Gasteiger partial charge >= 0.3 is 0 Å². The Labute approximate surface area is 160 Å². The number of rotatable bonds is 4. The van der Waals surface area contributed by atoms with Crippen molar-refractivity contribution in [3.05, 3.63) is 47.2 Å². The fourth-order valence-electron chi connectivity index (χ4n) is 2.91. The number of H-pyrrole nitrogens is 2. The van der Waals surface area contributed by atoms with Gasteiger partial charge in [0.2, 0.25) is 5.95 Å². The molecule has 4 rings (SSSR count). The molecule has 0 bridgehead atoms. The molecule has 27 heavy (non-hydrogen) atoms. The number of aromatic nitrogens is 4. The van der Waals surface area contributed by atoms with Crippen LogP contribution in [0.25, 0.3) is 22.1 Å². The van der Waals surface area contributed by atoms with Crippen LogP contribution in [0.1, 0.15) is 19.4 Å². The topological polar surface area (TPSA) is 107 Å². The fourth-order valence-corrected chi connectivity index (χ4v) is 3.06. The summed E-state index contributed by atoms with van der Waals surface area (Å²) in [5.41, 5.74) is 5.85. The van der Waals surface area contributed by atoms with Crippen molar-refractivity contribution >= 4 is 51.8 Å². The normalized spacial score (nSPS) is 10.8. The molecule has 0 fully saturated rings. The molecule has 4 aromatic rings. The van der Waals surface area contributed by atoms with Crippen LogP contribution in [0.5, 0.6) is 0 Å². The molecule has 7 nitrogen and oxygen atoms in total. The van der Waals surface area contributed by atoms with Crippen molar-refractivity contribution in [2.75, 3.05) is 5.32 Å². The lowest BCUT2D eigenvalue weighted by Gasteiger charge is -2.03. The summed E-state index contributed by atoms with van der Waals surface area (Å²) in [6, 6.07) is 10.0. The number of carbonyl (C=O) groups is 1. The number of nitrogens with zero attached hydrogens (tertiary/aromatic N) is 2. The average Bonchev–Trinajstić information content (AvgIpc) is 3.18. The Balaban J connectivity index is 0.000000659. The first-order chi connectivity index (χ1) is 13.0. The molecule has 0 aliphatic carbocycles. The highest BCUT2D eigenvalue weighted by molar-refractivity contribution is 6.29. The van der Waals surface area contributed by atoms with E-state index in [9.17, 15) is 0 Å². The second-order valence-corrected chi connectivity index (χ2v) is 6.89. The Morgan fingerprint density at radius 1 is 1.22 bits per heavy atom. The molecule has 0 aliphatic rings. The summed E-state index contributed by atoms with van der Waals surface area (Å²) in [5, 5.41) is 10.6. The zero-order valence-electron chi connectivity index (χ0n) is 15.0. The molecule has 0 radical (unpaired) electrons. The number of hydrogen-bond acceptors (Lipinski definition) is 4. The molecular weight excluding hydrogens is 366 g/mol. The summed E-state index contributed by atoms with van der Waals surface area (Å²) in [4.78, 5) is 23.8. The van der Waals surface area contributed by atoms with Crippen LogP contribution in [-0.2, 0) is 11.2 Å². The van der Waals surface area contributed by atoms with Crippen molar-refractivity contribution < 1.29 is 9.90 Å². The van der Waals surface area contributed by atoms with Gasteiger partial charge in [0.15, 0.2) is 0 Å². The van der Waals surface area contributed by atoms with Gasteiger partial charge in [-0.3, -0.25) is 4.79 Å². The molecule has 0 amide bonds. The van der Waals surface area contributed by atoms with Gasteiger partial charge in [-0.1, -0.05) is 31.5 Å². The first-order valence-corrected chi connectivity index (χ1v) is 8.85. The fraction of sp³-hybridized carbons (Fsp3) is 0.211. The van der Waals surface area contributed by atoms with E-state index >= 15 is 0 Å². The maximum atomic E-state index is 8.36. The van der Waals surface area contributed by atoms with E-state index in [0.717, 1.165) is 34.2 Å². The standard InChI is InChI=1S/C18H18ClN5.CH2O2/c1-10(2)7-11-3-4-12-14(8-11)22-18(21-12)23-15-9-20-13-5-6-16(19)24-17(13)15;2-1-3/h3-6,8-10,20H,7H2,1-2H3,(H2,21,22,23);1H,(H,2,3). The Morgan fingerprint density at radius 3 is 2.74 bits per heavy atom. The Hall–Kier alpha value is -3.06. The summed E-state index contributed by atoms with van der Waals surface area (Å²) in [6.45, 7) is 4.19. The van der Waals surface area contributed by atoms with Crippen LogP contribution in [0.3, 0.4) is 0 Å². The number of aromatic amines is 2. The zero-order valence-corrected chi connectivity index (χ0v) is 15.7. The molecule has 0 unspecified atom stereocenters. The van der Waals surface area contributed by atoms with Crippen LogP contribution in [0.15, 0.2) is 36.5 Å². The third-order valence-corrected chi connectivity index (χ3v) is 4.14. The third kappa shape index (κ3) is 4.38. The minimum atomic E-state index is -0.250. The number of benzene rings is 1. The predicted octanol–water partition coefficient (Wildman–Crippen LogP) is 4.74. The summed E-state index contributed by atoms with van der Waals surface area (Å²) >= 11 is 6.00. The number of halogens is 1. The second kappa shape index (κ2) is 8.09. The monoisotopic (exact) mass is 385 g/mol. The van der Waals surface area contributed by atoms with Crippen LogP contribution >= 0.6 is 11.6 Å². The van der Waals surface area contributed by atoms with Crippen molar-refractivity contribution in [2.24, 2.45) is 5.92 Å². The Morgan fingerprint density at radius 2 is 2.00 bits per heavy atom. The van der Waals surface area contributed by atoms with E-state index in [2.05, 4.69) is 57.3 Å². The van der Waals surface area contributed by atoms with E-state index < -0.39 is 0 Å². The van der Waals surface area contributed by atoms with Crippen molar-refractivity contribution in [1.29, 1.82) is 0 Å². The lowest BCUT2D eigenvalue weighted by atomic mass is 10.0. The molecule has 1 aromatic carbocycles. The Kier molecular flexibility index (Phi) is 5.61. The predicted molar refractivity (Wildman–Crippen MR) is 108 cm³/mol. The first-order valence-electron chi connectivity index (χ1n) is 8.47. The van der Waals surface area contributed by atoms with Crippen molar-refractivity contribution in [2.45, 2.75) is 20.3 Å². The number of imidazole rings is 1. The van der Waals surface area contributed by atoms with Gasteiger partial charge in [0.1, 0.15) is 10.7 Å². The quantitative estimate of drug-likeness (QED) is 0.300. The second-order valence-electron chi connectivity index (χ2n) is 6.50.